The van der Waals surface area contributed by atoms with Crippen LogP contribution in [0.25, 0.3) is 0 Å². The van der Waals surface area contributed by atoms with E-state index in [1.807, 2.05) is 30.3 Å². The second kappa shape index (κ2) is 8.93. The zero-order chi connectivity index (χ0) is 21.1. The standard InChI is InChI=1S/C21H18BrFN4O2S/c22-14-6-7-16(17(23)10-14)19(13-4-2-1-3-5-13)26-18(28)11-15-12-30-21(25-15)27-9-8-24-20(27)29/h1-7,10,12,19H,8-9,11H2,(H,24,29)(H,26,28). The third-order valence-corrected chi connectivity index (χ3v) is 6.09. The van der Waals surface area contributed by atoms with Gasteiger partial charge in [-0.1, -0.05) is 52.3 Å². The average molecular weight is 489 g/mol. The van der Waals surface area contributed by atoms with Gasteiger partial charge in [-0.15, -0.1) is 11.3 Å². The largest absolute Gasteiger partial charge is 0.345 e. The normalized spacial score (nSPS) is 14.5. The second-order valence-electron chi connectivity index (χ2n) is 6.76. The van der Waals surface area contributed by atoms with Crippen LogP contribution in [0, 0.1) is 5.82 Å². The quantitative estimate of drug-likeness (QED) is 0.550. The number of halogens is 2. The van der Waals surface area contributed by atoms with Crippen molar-refractivity contribution in [3.8, 4) is 0 Å². The van der Waals surface area contributed by atoms with E-state index in [0.717, 1.165) is 5.56 Å². The smallest absolute Gasteiger partial charge is 0.323 e. The molecule has 2 heterocycles. The number of carbonyl (C=O) groups is 2. The Labute approximate surface area is 185 Å². The lowest BCUT2D eigenvalue weighted by Gasteiger charge is -2.20. The van der Waals surface area contributed by atoms with Crippen molar-refractivity contribution in [2.75, 3.05) is 18.0 Å². The number of benzene rings is 2. The van der Waals surface area contributed by atoms with Gasteiger partial charge in [0.2, 0.25) is 5.91 Å². The number of nitrogens with zero attached hydrogens (tertiary/aromatic N) is 2. The number of hydrogen-bond acceptors (Lipinski definition) is 4. The first-order chi connectivity index (χ1) is 14.5. The molecular weight excluding hydrogens is 471 g/mol. The van der Waals surface area contributed by atoms with E-state index in [2.05, 4.69) is 31.5 Å². The fourth-order valence-electron chi connectivity index (χ4n) is 3.25. The molecule has 0 radical (unpaired) electrons. The molecule has 1 aliphatic heterocycles. The molecule has 0 bridgehead atoms. The van der Waals surface area contributed by atoms with E-state index in [1.165, 1.54) is 17.4 Å². The van der Waals surface area contributed by atoms with E-state index in [0.29, 0.717) is 34.0 Å². The summed E-state index contributed by atoms with van der Waals surface area (Å²) in [6.07, 6.45) is 0.0352. The molecule has 9 heteroatoms. The number of carbonyl (C=O) groups excluding carboxylic acids is 2. The Morgan fingerprint density at radius 3 is 2.80 bits per heavy atom. The minimum absolute atomic E-state index is 0.0352. The lowest BCUT2D eigenvalue weighted by molar-refractivity contribution is -0.121. The summed E-state index contributed by atoms with van der Waals surface area (Å²) in [7, 11) is 0. The van der Waals surface area contributed by atoms with Crippen LogP contribution >= 0.6 is 27.3 Å². The van der Waals surface area contributed by atoms with Crippen LogP contribution in [-0.2, 0) is 11.2 Å². The third kappa shape index (κ3) is 4.52. The number of aromatic nitrogens is 1. The van der Waals surface area contributed by atoms with Gasteiger partial charge in [-0.3, -0.25) is 9.69 Å². The molecule has 4 rings (SSSR count). The minimum atomic E-state index is -0.630. The van der Waals surface area contributed by atoms with Gasteiger partial charge >= 0.3 is 6.03 Å². The van der Waals surface area contributed by atoms with Crippen molar-refractivity contribution in [3.05, 3.63) is 81.0 Å². The number of anilines is 1. The van der Waals surface area contributed by atoms with Crippen molar-refractivity contribution in [2.24, 2.45) is 0 Å². The maximum absolute atomic E-state index is 14.6. The van der Waals surface area contributed by atoms with Crippen molar-refractivity contribution in [1.29, 1.82) is 0 Å². The summed E-state index contributed by atoms with van der Waals surface area (Å²) in [5.41, 5.74) is 1.72. The molecule has 2 N–H and O–H groups in total. The average Bonchev–Trinajstić information content (AvgIpc) is 3.36. The molecule has 1 atom stereocenters. The molecule has 3 amide bonds. The number of nitrogens with one attached hydrogen (secondary N) is 2. The Morgan fingerprint density at radius 1 is 1.30 bits per heavy atom. The summed E-state index contributed by atoms with van der Waals surface area (Å²) in [4.78, 5) is 30.5. The summed E-state index contributed by atoms with van der Waals surface area (Å²) >= 11 is 4.58. The minimum Gasteiger partial charge on any atom is -0.345 e. The molecule has 0 aliphatic carbocycles. The number of hydrogen-bond donors (Lipinski definition) is 2. The highest BCUT2D eigenvalue weighted by Gasteiger charge is 2.25. The van der Waals surface area contributed by atoms with Gasteiger partial charge in [0.25, 0.3) is 0 Å². The van der Waals surface area contributed by atoms with Crippen LogP contribution in [0.1, 0.15) is 22.9 Å². The van der Waals surface area contributed by atoms with Crippen molar-refractivity contribution < 1.29 is 14.0 Å². The molecule has 0 spiro atoms. The molecule has 6 nitrogen and oxygen atoms in total. The van der Waals surface area contributed by atoms with E-state index >= 15 is 0 Å². The molecule has 3 aromatic rings. The van der Waals surface area contributed by atoms with Crippen LogP contribution in [0.15, 0.2) is 58.4 Å². The molecule has 2 aromatic carbocycles. The highest BCUT2D eigenvalue weighted by Crippen LogP contribution is 2.27. The zero-order valence-electron chi connectivity index (χ0n) is 15.8. The van der Waals surface area contributed by atoms with Crippen molar-refractivity contribution in [3.63, 3.8) is 0 Å². The fraction of sp³-hybridized carbons (Fsp3) is 0.190. The van der Waals surface area contributed by atoms with Crippen molar-refractivity contribution in [2.45, 2.75) is 12.5 Å². The molecule has 30 heavy (non-hydrogen) atoms. The van der Waals surface area contributed by atoms with E-state index in [9.17, 15) is 14.0 Å². The Balaban J connectivity index is 1.52. The monoisotopic (exact) mass is 488 g/mol. The van der Waals surface area contributed by atoms with E-state index in [4.69, 9.17) is 0 Å². The first kappa shape index (κ1) is 20.5. The molecular formula is C21H18BrFN4O2S. The van der Waals surface area contributed by atoms with E-state index in [-0.39, 0.29) is 18.4 Å². The van der Waals surface area contributed by atoms with Crippen LogP contribution in [0.2, 0.25) is 0 Å². The molecule has 1 aliphatic rings. The first-order valence-corrected chi connectivity index (χ1v) is 11.0. The fourth-order valence-corrected chi connectivity index (χ4v) is 4.44. The lowest BCUT2D eigenvalue weighted by atomic mass is 9.98. The van der Waals surface area contributed by atoms with Crippen LogP contribution in [0.4, 0.5) is 14.3 Å². The molecule has 1 fully saturated rings. The number of thiazole rings is 1. The summed E-state index contributed by atoms with van der Waals surface area (Å²) in [5.74, 6) is -0.691. The summed E-state index contributed by atoms with van der Waals surface area (Å²) in [6, 6.07) is 13.2. The highest BCUT2D eigenvalue weighted by molar-refractivity contribution is 9.10. The molecule has 1 aromatic heterocycles. The third-order valence-electron chi connectivity index (χ3n) is 4.68. The van der Waals surface area contributed by atoms with Crippen LogP contribution < -0.4 is 15.5 Å². The molecule has 0 saturated carbocycles. The lowest BCUT2D eigenvalue weighted by Crippen LogP contribution is -2.31. The predicted molar refractivity (Wildman–Crippen MR) is 117 cm³/mol. The van der Waals surface area contributed by atoms with Gasteiger partial charge in [-0.25, -0.2) is 14.2 Å². The maximum Gasteiger partial charge on any atom is 0.323 e. The Kier molecular flexibility index (Phi) is 6.10. The zero-order valence-corrected chi connectivity index (χ0v) is 18.2. The van der Waals surface area contributed by atoms with Crippen LogP contribution in [0.5, 0.6) is 0 Å². The van der Waals surface area contributed by atoms with Crippen molar-refractivity contribution >= 4 is 44.3 Å². The van der Waals surface area contributed by atoms with Crippen LogP contribution in [-0.4, -0.2) is 30.0 Å². The Bertz CT molecular complexity index is 1080. The number of urea groups is 1. The van der Waals surface area contributed by atoms with Gasteiger partial charge in [0, 0.05) is 28.5 Å². The molecule has 1 saturated heterocycles. The van der Waals surface area contributed by atoms with Gasteiger partial charge in [-0.2, -0.15) is 0 Å². The van der Waals surface area contributed by atoms with Gasteiger partial charge in [-0.05, 0) is 17.7 Å². The first-order valence-electron chi connectivity index (χ1n) is 9.30. The summed E-state index contributed by atoms with van der Waals surface area (Å²) < 4.78 is 15.3. The Hall–Kier alpha value is -2.78. The van der Waals surface area contributed by atoms with Gasteiger partial charge in [0.05, 0.1) is 18.2 Å². The van der Waals surface area contributed by atoms with Crippen molar-refractivity contribution in [1.82, 2.24) is 15.6 Å². The predicted octanol–water partition coefficient (Wildman–Crippen LogP) is 4.02. The Morgan fingerprint density at radius 2 is 2.10 bits per heavy atom. The topological polar surface area (TPSA) is 74.3 Å². The van der Waals surface area contributed by atoms with Gasteiger partial charge < -0.3 is 10.6 Å². The number of rotatable bonds is 6. The van der Waals surface area contributed by atoms with Gasteiger partial charge in [0.15, 0.2) is 5.13 Å². The summed E-state index contributed by atoms with van der Waals surface area (Å²) in [5, 5.41) is 7.97. The maximum atomic E-state index is 14.6. The summed E-state index contributed by atoms with van der Waals surface area (Å²) in [6.45, 7) is 1.13. The van der Waals surface area contributed by atoms with Crippen LogP contribution in [0.3, 0.4) is 0 Å². The van der Waals surface area contributed by atoms with Gasteiger partial charge in [0.1, 0.15) is 5.82 Å². The second-order valence-corrected chi connectivity index (χ2v) is 8.51. The molecule has 1 unspecified atom stereocenters. The van der Waals surface area contributed by atoms with E-state index < -0.39 is 11.9 Å². The number of amides is 3. The highest BCUT2D eigenvalue weighted by atomic mass is 79.9. The van der Waals surface area contributed by atoms with E-state index in [1.54, 1.807) is 22.4 Å². The molecule has 154 valence electrons. The SMILES string of the molecule is O=C(Cc1csc(N2CCNC2=O)n1)NC(c1ccccc1)c1ccc(Br)cc1F.